The maximum atomic E-state index is 13.2. The van der Waals surface area contributed by atoms with Gasteiger partial charge >= 0.3 is 0 Å². The molecule has 2 aromatic carbocycles. The van der Waals surface area contributed by atoms with Crippen molar-refractivity contribution in [1.29, 1.82) is 0 Å². The van der Waals surface area contributed by atoms with Crippen LogP contribution in [-0.2, 0) is 11.4 Å². The molecule has 2 rings (SSSR count). The number of hydrogen-bond donors (Lipinski definition) is 0. The Kier molecular flexibility index (Phi) is 3.86. The van der Waals surface area contributed by atoms with Crippen LogP contribution in [0.4, 0.5) is 4.39 Å². The highest BCUT2D eigenvalue weighted by atomic mass is 19.1. The topological polar surface area (TPSA) is 21.6 Å². The van der Waals surface area contributed by atoms with Gasteiger partial charge in [-0.1, -0.05) is 47.6 Å². The van der Waals surface area contributed by atoms with Crippen LogP contribution in [0.5, 0.6) is 0 Å². The smallest absolute Gasteiger partial charge is 0.142 e. The van der Waals surface area contributed by atoms with Crippen LogP contribution < -0.4 is 0 Å². The fourth-order valence-electron chi connectivity index (χ4n) is 1.31. The molecule has 2 aromatic rings. The Morgan fingerprint density at radius 1 is 1.00 bits per heavy atom. The molecule has 1 radical (unpaired) electrons. The molecule has 3 heteroatoms. The SMILES string of the molecule is Fc1ccccc1/[C]=N\OCc1ccccc1. The highest BCUT2D eigenvalue weighted by Crippen LogP contribution is 2.04. The fourth-order valence-corrected chi connectivity index (χ4v) is 1.31. The van der Waals surface area contributed by atoms with Crippen molar-refractivity contribution in [3.63, 3.8) is 0 Å². The molecular formula is C14H11FNO. The summed E-state index contributed by atoms with van der Waals surface area (Å²) in [6.07, 6.45) is 2.51. The molecule has 0 bridgehead atoms. The lowest BCUT2D eigenvalue weighted by Crippen LogP contribution is -1.90. The van der Waals surface area contributed by atoms with Crippen LogP contribution in [0.25, 0.3) is 0 Å². The van der Waals surface area contributed by atoms with Crippen LogP contribution in [0.1, 0.15) is 11.1 Å². The molecule has 0 fully saturated rings. The first-order valence-electron chi connectivity index (χ1n) is 5.23. The van der Waals surface area contributed by atoms with Crippen molar-refractivity contribution in [1.82, 2.24) is 0 Å². The van der Waals surface area contributed by atoms with E-state index in [0.717, 1.165) is 5.56 Å². The van der Waals surface area contributed by atoms with Crippen LogP contribution in [0.15, 0.2) is 59.8 Å². The van der Waals surface area contributed by atoms with Crippen LogP contribution in [0.2, 0.25) is 0 Å². The number of nitrogens with zero attached hydrogens (tertiary/aromatic N) is 1. The van der Waals surface area contributed by atoms with Crippen LogP contribution in [-0.4, -0.2) is 6.21 Å². The van der Waals surface area contributed by atoms with E-state index in [0.29, 0.717) is 12.2 Å². The summed E-state index contributed by atoms with van der Waals surface area (Å²) in [6.45, 7) is 0.349. The zero-order valence-corrected chi connectivity index (χ0v) is 9.14. The van der Waals surface area contributed by atoms with Crippen molar-refractivity contribution in [2.75, 3.05) is 0 Å². The summed E-state index contributed by atoms with van der Waals surface area (Å²) >= 11 is 0. The minimum absolute atomic E-state index is 0.292. The van der Waals surface area contributed by atoms with Crippen molar-refractivity contribution < 1.29 is 9.23 Å². The zero-order valence-electron chi connectivity index (χ0n) is 9.14. The highest BCUT2D eigenvalue weighted by molar-refractivity contribution is 5.79. The van der Waals surface area contributed by atoms with Gasteiger partial charge in [0, 0.05) is 5.56 Å². The van der Waals surface area contributed by atoms with E-state index >= 15 is 0 Å². The first kappa shape index (κ1) is 11.3. The average molecular weight is 228 g/mol. The van der Waals surface area contributed by atoms with Gasteiger partial charge in [0.05, 0.1) is 0 Å². The lowest BCUT2D eigenvalue weighted by atomic mass is 10.2. The highest BCUT2D eigenvalue weighted by Gasteiger charge is 1.97. The van der Waals surface area contributed by atoms with E-state index < -0.39 is 0 Å². The molecule has 0 saturated carbocycles. The molecule has 0 atom stereocenters. The zero-order chi connectivity index (χ0) is 11.9. The first-order chi connectivity index (χ1) is 8.36. The minimum atomic E-state index is -0.362. The van der Waals surface area contributed by atoms with Gasteiger partial charge in [0.1, 0.15) is 18.6 Å². The minimum Gasteiger partial charge on any atom is -0.390 e. The maximum Gasteiger partial charge on any atom is 0.142 e. The summed E-state index contributed by atoms with van der Waals surface area (Å²) in [5.74, 6) is -0.362. The summed E-state index contributed by atoms with van der Waals surface area (Å²) in [4.78, 5) is 5.03. The van der Waals surface area contributed by atoms with Crippen LogP contribution in [0.3, 0.4) is 0 Å². The Labute approximate surface area is 99.3 Å². The second kappa shape index (κ2) is 5.80. The summed E-state index contributed by atoms with van der Waals surface area (Å²) in [5.41, 5.74) is 1.30. The van der Waals surface area contributed by atoms with Crippen LogP contribution >= 0.6 is 0 Å². The van der Waals surface area contributed by atoms with E-state index in [4.69, 9.17) is 4.84 Å². The molecule has 0 aliphatic carbocycles. The molecule has 0 saturated heterocycles. The van der Waals surface area contributed by atoms with Crippen molar-refractivity contribution in [2.45, 2.75) is 6.61 Å². The van der Waals surface area contributed by atoms with Gasteiger partial charge < -0.3 is 4.84 Å². The first-order valence-corrected chi connectivity index (χ1v) is 5.23. The normalized spacial score (nSPS) is 10.6. The van der Waals surface area contributed by atoms with E-state index in [-0.39, 0.29) is 5.82 Å². The van der Waals surface area contributed by atoms with E-state index in [1.165, 1.54) is 6.07 Å². The Balaban J connectivity index is 1.89. The third kappa shape index (κ3) is 3.41. The van der Waals surface area contributed by atoms with Crippen molar-refractivity contribution in [2.24, 2.45) is 5.16 Å². The number of halogens is 1. The molecular weight excluding hydrogens is 217 g/mol. The standard InChI is InChI=1S/C14H11FNO/c15-14-9-5-4-8-13(14)10-16-17-11-12-6-2-1-3-7-12/h1-9H,11H2. The van der Waals surface area contributed by atoms with Gasteiger partial charge in [-0.25, -0.2) is 4.39 Å². The predicted molar refractivity (Wildman–Crippen MR) is 64.2 cm³/mol. The largest absolute Gasteiger partial charge is 0.390 e. The van der Waals surface area contributed by atoms with Crippen molar-refractivity contribution in [3.05, 3.63) is 71.5 Å². The summed E-state index contributed by atoms with van der Waals surface area (Å²) < 4.78 is 13.2. The molecule has 0 amide bonds. The summed E-state index contributed by atoms with van der Waals surface area (Å²) in [6, 6.07) is 15.9. The van der Waals surface area contributed by atoms with E-state index in [1.54, 1.807) is 18.2 Å². The molecule has 0 aliphatic heterocycles. The third-order valence-corrected chi connectivity index (χ3v) is 2.18. The number of rotatable bonds is 4. The third-order valence-electron chi connectivity index (χ3n) is 2.18. The second-order valence-corrected chi connectivity index (χ2v) is 3.44. The Hall–Kier alpha value is -2.16. The molecule has 0 aromatic heterocycles. The number of benzene rings is 2. The van der Waals surface area contributed by atoms with Gasteiger partial charge in [-0.2, -0.15) is 0 Å². The molecule has 2 nitrogen and oxygen atoms in total. The molecule has 0 N–H and O–H groups in total. The van der Waals surface area contributed by atoms with Crippen molar-refractivity contribution in [3.8, 4) is 0 Å². The molecule has 85 valence electrons. The maximum absolute atomic E-state index is 13.2. The quantitative estimate of drug-likeness (QED) is 0.581. The second-order valence-electron chi connectivity index (χ2n) is 3.44. The lowest BCUT2D eigenvalue weighted by molar-refractivity contribution is 0.132. The van der Waals surface area contributed by atoms with Crippen LogP contribution in [0, 0.1) is 5.82 Å². The lowest BCUT2D eigenvalue weighted by Gasteiger charge is -1.98. The fraction of sp³-hybridized carbons (Fsp3) is 0.0714. The van der Waals surface area contributed by atoms with Gasteiger partial charge in [-0.3, -0.25) is 0 Å². The van der Waals surface area contributed by atoms with E-state index in [2.05, 4.69) is 11.4 Å². The van der Waals surface area contributed by atoms with E-state index in [1.807, 2.05) is 30.3 Å². The molecule has 17 heavy (non-hydrogen) atoms. The van der Waals surface area contributed by atoms with E-state index in [9.17, 15) is 4.39 Å². The Morgan fingerprint density at radius 3 is 2.47 bits per heavy atom. The van der Waals surface area contributed by atoms with Gasteiger partial charge in [-0.05, 0) is 17.7 Å². The Morgan fingerprint density at radius 2 is 1.71 bits per heavy atom. The Bertz CT molecular complexity index is 497. The monoisotopic (exact) mass is 228 g/mol. The number of hydrogen-bond acceptors (Lipinski definition) is 2. The average Bonchev–Trinajstić information content (AvgIpc) is 2.38. The molecule has 0 unspecified atom stereocenters. The van der Waals surface area contributed by atoms with Crippen molar-refractivity contribution >= 4 is 6.21 Å². The molecule has 0 aliphatic rings. The van der Waals surface area contributed by atoms with Gasteiger partial charge in [0.2, 0.25) is 0 Å². The van der Waals surface area contributed by atoms with Gasteiger partial charge in [0.25, 0.3) is 0 Å². The molecule has 0 spiro atoms. The van der Waals surface area contributed by atoms with Gasteiger partial charge in [-0.15, -0.1) is 0 Å². The predicted octanol–water partition coefficient (Wildman–Crippen LogP) is 3.25. The van der Waals surface area contributed by atoms with Gasteiger partial charge in [0.15, 0.2) is 0 Å². The summed E-state index contributed by atoms with van der Waals surface area (Å²) in [5, 5.41) is 3.61. The molecule has 0 heterocycles. The summed E-state index contributed by atoms with van der Waals surface area (Å²) in [7, 11) is 0.